The zero-order chi connectivity index (χ0) is 14.6. The molecule has 0 saturated heterocycles. The van der Waals surface area contributed by atoms with Gasteiger partial charge in [0.2, 0.25) is 0 Å². The molecule has 0 heterocycles. The van der Waals surface area contributed by atoms with Crippen LogP contribution in [0.5, 0.6) is 0 Å². The summed E-state index contributed by atoms with van der Waals surface area (Å²) in [6.07, 6.45) is 0. The highest BCUT2D eigenvalue weighted by Crippen LogP contribution is 2.15. The first kappa shape index (κ1) is 14.2. The lowest BCUT2D eigenvalue weighted by Crippen LogP contribution is -2.07. The first-order chi connectivity index (χ1) is 9.49. The molecule has 0 saturated carbocycles. The summed E-state index contributed by atoms with van der Waals surface area (Å²) in [5.41, 5.74) is 0.755. The van der Waals surface area contributed by atoms with Crippen molar-refractivity contribution in [2.45, 2.75) is 11.5 Å². The third-order valence-corrected chi connectivity index (χ3v) is 3.89. The van der Waals surface area contributed by atoms with E-state index in [9.17, 15) is 13.2 Å². The van der Waals surface area contributed by atoms with E-state index >= 15 is 0 Å². The Morgan fingerprint density at radius 1 is 1.00 bits per heavy atom. The van der Waals surface area contributed by atoms with Crippen LogP contribution in [0.25, 0.3) is 0 Å². The molecule has 0 spiro atoms. The largest absolute Gasteiger partial charge is 0.478 e. The maximum absolute atomic E-state index is 11.9. The summed E-state index contributed by atoms with van der Waals surface area (Å²) >= 11 is 0. The smallest absolute Gasteiger partial charge is 0.335 e. The van der Waals surface area contributed by atoms with Crippen molar-refractivity contribution in [1.29, 1.82) is 0 Å². The molecule has 2 rings (SSSR count). The Labute approximate surface area is 116 Å². The highest BCUT2D eigenvalue weighted by molar-refractivity contribution is 7.86. The molecule has 0 unspecified atom stereocenters. The standard InChI is InChI=1S/C14H12O5S/c15-14(16)12-6-8-13(9-7-12)20(17,18)19-10-11-4-2-1-3-5-11/h1-9H,10H2,(H,15,16). The van der Waals surface area contributed by atoms with Crippen LogP contribution in [0.2, 0.25) is 0 Å². The number of carbonyl (C=O) groups is 1. The summed E-state index contributed by atoms with van der Waals surface area (Å²) in [6.45, 7) is -0.0656. The molecule has 0 aromatic heterocycles. The minimum Gasteiger partial charge on any atom is -0.478 e. The third-order valence-electron chi connectivity index (χ3n) is 2.61. The number of carboxylic acid groups (broad SMARTS) is 1. The average molecular weight is 292 g/mol. The minimum absolute atomic E-state index is 0.0204. The van der Waals surface area contributed by atoms with Gasteiger partial charge in [-0.1, -0.05) is 30.3 Å². The Kier molecular flexibility index (Phi) is 4.16. The number of hydrogen-bond donors (Lipinski definition) is 1. The highest BCUT2D eigenvalue weighted by atomic mass is 32.2. The van der Waals surface area contributed by atoms with Gasteiger partial charge in [-0.2, -0.15) is 8.42 Å². The molecule has 0 aliphatic carbocycles. The van der Waals surface area contributed by atoms with Gasteiger partial charge in [0, 0.05) is 0 Å². The van der Waals surface area contributed by atoms with E-state index in [1.54, 1.807) is 24.3 Å². The molecule has 0 atom stereocenters. The van der Waals surface area contributed by atoms with Crippen LogP contribution in [0.15, 0.2) is 59.5 Å². The van der Waals surface area contributed by atoms with E-state index in [2.05, 4.69) is 0 Å². The normalized spacial score (nSPS) is 11.2. The van der Waals surface area contributed by atoms with Gasteiger partial charge in [0.1, 0.15) is 0 Å². The number of carboxylic acids is 1. The van der Waals surface area contributed by atoms with Crippen molar-refractivity contribution >= 4 is 16.1 Å². The summed E-state index contributed by atoms with van der Waals surface area (Å²) in [5.74, 6) is -1.11. The zero-order valence-corrected chi connectivity index (χ0v) is 11.2. The summed E-state index contributed by atoms with van der Waals surface area (Å²) in [6, 6.07) is 13.8. The van der Waals surface area contributed by atoms with Crippen molar-refractivity contribution in [1.82, 2.24) is 0 Å². The van der Waals surface area contributed by atoms with Crippen molar-refractivity contribution in [3.63, 3.8) is 0 Å². The third kappa shape index (κ3) is 3.43. The van der Waals surface area contributed by atoms with Crippen molar-refractivity contribution < 1.29 is 22.5 Å². The molecule has 104 valence electrons. The highest BCUT2D eigenvalue weighted by Gasteiger charge is 2.16. The van der Waals surface area contributed by atoms with E-state index in [4.69, 9.17) is 9.29 Å². The second-order valence-electron chi connectivity index (χ2n) is 4.03. The summed E-state index contributed by atoms with van der Waals surface area (Å²) in [4.78, 5) is 10.6. The predicted octanol–water partition coefficient (Wildman–Crippen LogP) is 2.29. The lowest BCUT2D eigenvalue weighted by molar-refractivity contribution is 0.0696. The average Bonchev–Trinajstić information content (AvgIpc) is 2.46. The molecule has 2 aromatic rings. The van der Waals surface area contributed by atoms with E-state index in [1.807, 2.05) is 6.07 Å². The maximum Gasteiger partial charge on any atom is 0.335 e. The number of rotatable bonds is 5. The topological polar surface area (TPSA) is 80.7 Å². The van der Waals surface area contributed by atoms with Gasteiger partial charge >= 0.3 is 5.97 Å². The van der Waals surface area contributed by atoms with Gasteiger partial charge in [0.15, 0.2) is 0 Å². The fourth-order valence-corrected chi connectivity index (χ4v) is 2.45. The second kappa shape index (κ2) is 5.85. The number of aromatic carboxylic acids is 1. The molecule has 2 aromatic carbocycles. The number of hydrogen-bond acceptors (Lipinski definition) is 4. The molecule has 0 aliphatic rings. The van der Waals surface area contributed by atoms with Crippen LogP contribution in [0.1, 0.15) is 15.9 Å². The van der Waals surface area contributed by atoms with E-state index < -0.39 is 16.1 Å². The molecule has 0 aliphatic heterocycles. The van der Waals surface area contributed by atoms with Crippen LogP contribution in [0, 0.1) is 0 Å². The first-order valence-corrected chi connectivity index (χ1v) is 7.16. The van der Waals surface area contributed by atoms with Crippen LogP contribution >= 0.6 is 0 Å². The van der Waals surface area contributed by atoms with Gasteiger partial charge in [0.25, 0.3) is 10.1 Å². The molecule has 0 fully saturated rings. The summed E-state index contributed by atoms with van der Waals surface area (Å²) < 4.78 is 28.8. The fourth-order valence-electron chi connectivity index (χ4n) is 1.55. The van der Waals surface area contributed by atoms with E-state index in [1.165, 1.54) is 24.3 Å². The maximum atomic E-state index is 11.9. The van der Waals surface area contributed by atoms with Crippen LogP contribution in [0.3, 0.4) is 0 Å². The van der Waals surface area contributed by atoms with Crippen molar-refractivity contribution in [2.24, 2.45) is 0 Å². The molecule has 0 radical (unpaired) electrons. The van der Waals surface area contributed by atoms with Gasteiger partial charge in [0.05, 0.1) is 17.1 Å². The molecule has 20 heavy (non-hydrogen) atoms. The summed E-state index contributed by atoms with van der Waals surface area (Å²) in [7, 11) is -3.89. The van der Waals surface area contributed by atoms with E-state index in [-0.39, 0.29) is 17.1 Å². The Morgan fingerprint density at radius 3 is 2.15 bits per heavy atom. The molecule has 0 bridgehead atoms. The second-order valence-corrected chi connectivity index (χ2v) is 5.65. The van der Waals surface area contributed by atoms with Crippen molar-refractivity contribution in [2.75, 3.05) is 0 Å². The first-order valence-electron chi connectivity index (χ1n) is 5.76. The van der Waals surface area contributed by atoms with Gasteiger partial charge < -0.3 is 5.11 Å². The van der Waals surface area contributed by atoms with Gasteiger partial charge in [-0.25, -0.2) is 4.79 Å². The SMILES string of the molecule is O=C(O)c1ccc(S(=O)(=O)OCc2ccccc2)cc1. The molecule has 6 heteroatoms. The molecular formula is C14H12O5S. The van der Waals surface area contributed by atoms with E-state index in [0.717, 1.165) is 5.56 Å². The molecule has 5 nitrogen and oxygen atoms in total. The van der Waals surface area contributed by atoms with E-state index in [0.29, 0.717) is 0 Å². The number of benzene rings is 2. The Balaban J connectivity index is 2.12. The Morgan fingerprint density at radius 2 is 1.60 bits per heavy atom. The van der Waals surface area contributed by atoms with Gasteiger partial charge in [-0.15, -0.1) is 0 Å². The lowest BCUT2D eigenvalue weighted by Gasteiger charge is -2.06. The fraction of sp³-hybridized carbons (Fsp3) is 0.0714. The van der Waals surface area contributed by atoms with Crippen LogP contribution in [-0.4, -0.2) is 19.5 Å². The summed E-state index contributed by atoms with van der Waals surface area (Å²) in [5, 5.41) is 8.75. The van der Waals surface area contributed by atoms with Crippen molar-refractivity contribution in [3.8, 4) is 0 Å². The van der Waals surface area contributed by atoms with Crippen LogP contribution in [-0.2, 0) is 20.9 Å². The van der Waals surface area contributed by atoms with Gasteiger partial charge in [-0.3, -0.25) is 4.18 Å². The zero-order valence-electron chi connectivity index (χ0n) is 10.4. The van der Waals surface area contributed by atoms with Crippen LogP contribution in [0.4, 0.5) is 0 Å². The predicted molar refractivity (Wildman–Crippen MR) is 71.8 cm³/mol. The van der Waals surface area contributed by atoms with Crippen molar-refractivity contribution in [3.05, 3.63) is 65.7 Å². The monoisotopic (exact) mass is 292 g/mol. The Hall–Kier alpha value is -2.18. The van der Waals surface area contributed by atoms with Gasteiger partial charge in [-0.05, 0) is 29.8 Å². The minimum atomic E-state index is -3.89. The molecule has 0 amide bonds. The quantitative estimate of drug-likeness (QED) is 0.855. The molecule has 1 N–H and O–H groups in total. The lowest BCUT2D eigenvalue weighted by atomic mass is 10.2. The Bertz CT molecular complexity index is 690. The van der Waals surface area contributed by atoms with Crippen LogP contribution < -0.4 is 0 Å². The molecular weight excluding hydrogens is 280 g/mol.